The van der Waals surface area contributed by atoms with E-state index in [1.165, 1.54) is 30.1 Å². The summed E-state index contributed by atoms with van der Waals surface area (Å²) >= 11 is 0. The Hall–Kier alpha value is -2.50. The van der Waals surface area contributed by atoms with Crippen LogP contribution in [0.3, 0.4) is 0 Å². The van der Waals surface area contributed by atoms with Gasteiger partial charge in [0.05, 0.1) is 5.69 Å². The number of anilines is 1. The summed E-state index contributed by atoms with van der Waals surface area (Å²) in [6.07, 6.45) is 0. The highest BCUT2D eigenvalue weighted by atomic mass is 19.2. The van der Waals surface area contributed by atoms with Crippen molar-refractivity contribution in [2.75, 3.05) is 12.8 Å². The molecule has 21 heavy (non-hydrogen) atoms. The Kier molecular flexibility index (Phi) is 4.16. The number of carbonyl (C=O) groups excluding carboxylic acids is 1. The first kappa shape index (κ1) is 14.9. The van der Waals surface area contributed by atoms with Crippen LogP contribution >= 0.6 is 0 Å². The van der Waals surface area contributed by atoms with Crippen LogP contribution in [0.4, 0.5) is 18.9 Å². The van der Waals surface area contributed by atoms with Gasteiger partial charge in [0.1, 0.15) is 5.82 Å². The van der Waals surface area contributed by atoms with E-state index in [1.807, 2.05) is 0 Å². The van der Waals surface area contributed by atoms with Gasteiger partial charge in [0.15, 0.2) is 11.6 Å². The molecule has 2 aromatic carbocycles. The number of halogens is 3. The predicted molar refractivity (Wildman–Crippen MR) is 73.0 cm³/mol. The van der Waals surface area contributed by atoms with Crippen LogP contribution in [0.2, 0.25) is 0 Å². The number of hydrogen-bond acceptors (Lipinski definition) is 2. The summed E-state index contributed by atoms with van der Waals surface area (Å²) in [6, 6.07) is 7.14. The molecule has 0 radical (unpaired) electrons. The second kappa shape index (κ2) is 5.87. The van der Waals surface area contributed by atoms with Crippen LogP contribution in [-0.4, -0.2) is 17.9 Å². The Morgan fingerprint density at radius 1 is 1.05 bits per heavy atom. The van der Waals surface area contributed by atoms with Crippen molar-refractivity contribution in [1.82, 2.24) is 4.90 Å². The second-order valence-electron chi connectivity index (χ2n) is 4.65. The topological polar surface area (TPSA) is 46.3 Å². The third-order valence-corrected chi connectivity index (χ3v) is 3.00. The molecular weight excluding hydrogens is 281 g/mol. The van der Waals surface area contributed by atoms with Gasteiger partial charge in [-0.2, -0.15) is 0 Å². The molecular formula is C15H13F3N2O. The van der Waals surface area contributed by atoms with Crippen LogP contribution in [0, 0.1) is 17.5 Å². The van der Waals surface area contributed by atoms with Gasteiger partial charge in [0, 0.05) is 19.2 Å². The largest absolute Gasteiger partial charge is 0.396 e. The zero-order valence-electron chi connectivity index (χ0n) is 11.2. The summed E-state index contributed by atoms with van der Waals surface area (Å²) in [6.45, 7) is 0.0715. The molecule has 0 unspecified atom stereocenters. The monoisotopic (exact) mass is 294 g/mol. The van der Waals surface area contributed by atoms with E-state index in [-0.39, 0.29) is 17.8 Å². The molecule has 0 saturated heterocycles. The molecule has 2 N–H and O–H groups in total. The number of carbonyl (C=O) groups is 1. The Balaban J connectivity index is 2.15. The van der Waals surface area contributed by atoms with E-state index < -0.39 is 23.4 Å². The predicted octanol–water partition coefficient (Wildman–Crippen LogP) is 2.96. The van der Waals surface area contributed by atoms with Crippen molar-refractivity contribution in [3.05, 3.63) is 65.0 Å². The normalized spacial score (nSPS) is 10.5. The minimum absolute atomic E-state index is 0.0465. The van der Waals surface area contributed by atoms with Crippen LogP contribution in [0.15, 0.2) is 36.4 Å². The van der Waals surface area contributed by atoms with Gasteiger partial charge in [0.2, 0.25) is 0 Å². The van der Waals surface area contributed by atoms with Crippen LogP contribution in [0.25, 0.3) is 0 Å². The van der Waals surface area contributed by atoms with Gasteiger partial charge < -0.3 is 10.6 Å². The Bertz CT molecular complexity index is 689. The number of benzene rings is 2. The summed E-state index contributed by atoms with van der Waals surface area (Å²) in [5, 5.41) is 0. The quantitative estimate of drug-likeness (QED) is 0.885. The third-order valence-electron chi connectivity index (χ3n) is 3.00. The molecule has 1 amide bonds. The zero-order valence-corrected chi connectivity index (χ0v) is 11.2. The van der Waals surface area contributed by atoms with E-state index in [1.54, 1.807) is 0 Å². The molecule has 110 valence electrons. The van der Waals surface area contributed by atoms with E-state index in [2.05, 4.69) is 0 Å². The highest BCUT2D eigenvalue weighted by Crippen LogP contribution is 2.15. The van der Waals surface area contributed by atoms with Crippen LogP contribution in [-0.2, 0) is 6.54 Å². The molecule has 0 aliphatic heterocycles. The van der Waals surface area contributed by atoms with Gasteiger partial charge in [-0.3, -0.25) is 4.79 Å². The number of nitrogen functional groups attached to an aromatic ring is 1. The summed E-state index contributed by atoms with van der Waals surface area (Å²) in [5.74, 6) is -3.05. The van der Waals surface area contributed by atoms with Gasteiger partial charge in [-0.25, -0.2) is 13.2 Å². The van der Waals surface area contributed by atoms with Crippen molar-refractivity contribution in [2.24, 2.45) is 0 Å². The number of rotatable bonds is 3. The Labute approximate surface area is 119 Å². The number of amides is 1. The number of hydrogen-bond donors (Lipinski definition) is 1. The third kappa shape index (κ3) is 3.34. The average Bonchev–Trinajstić information content (AvgIpc) is 2.45. The smallest absolute Gasteiger partial charge is 0.254 e. The number of nitrogens with two attached hydrogens (primary N) is 1. The lowest BCUT2D eigenvalue weighted by molar-refractivity contribution is 0.0784. The molecule has 0 aliphatic carbocycles. The van der Waals surface area contributed by atoms with Crippen molar-refractivity contribution in [1.29, 1.82) is 0 Å². The molecule has 2 rings (SSSR count). The molecule has 0 spiro atoms. The van der Waals surface area contributed by atoms with Crippen LogP contribution in [0.1, 0.15) is 15.9 Å². The fourth-order valence-corrected chi connectivity index (χ4v) is 1.86. The van der Waals surface area contributed by atoms with Crippen LogP contribution < -0.4 is 5.73 Å². The number of nitrogens with zero attached hydrogens (tertiary/aromatic N) is 1. The maximum absolute atomic E-state index is 13.3. The summed E-state index contributed by atoms with van der Waals surface area (Å²) in [5.41, 5.74) is 5.86. The van der Waals surface area contributed by atoms with E-state index in [4.69, 9.17) is 5.73 Å². The first-order chi connectivity index (χ1) is 9.88. The summed E-state index contributed by atoms with van der Waals surface area (Å²) in [4.78, 5) is 13.4. The van der Waals surface area contributed by atoms with Gasteiger partial charge in [0.25, 0.3) is 5.91 Å². The van der Waals surface area contributed by atoms with Crippen molar-refractivity contribution in [3.8, 4) is 0 Å². The molecule has 0 atom stereocenters. The molecule has 0 saturated carbocycles. The minimum Gasteiger partial charge on any atom is -0.396 e. The maximum Gasteiger partial charge on any atom is 0.254 e. The SMILES string of the molecule is CN(Cc1ccc(F)c(F)c1)C(=O)c1ccc(N)c(F)c1. The highest BCUT2D eigenvalue weighted by molar-refractivity contribution is 5.94. The van der Waals surface area contributed by atoms with E-state index in [9.17, 15) is 18.0 Å². The first-order valence-corrected chi connectivity index (χ1v) is 6.13. The average molecular weight is 294 g/mol. The molecule has 0 aliphatic rings. The fraction of sp³-hybridized carbons (Fsp3) is 0.133. The Morgan fingerprint density at radius 2 is 1.76 bits per heavy atom. The summed E-state index contributed by atoms with van der Waals surface area (Å²) in [7, 11) is 1.48. The lowest BCUT2D eigenvalue weighted by Crippen LogP contribution is -2.26. The molecule has 2 aromatic rings. The van der Waals surface area contributed by atoms with Gasteiger partial charge >= 0.3 is 0 Å². The van der Waals surface area contributed by atoms with Crippen molar-refractivity contribution < 1.29 is 18.0 Å². The molecule has 0 heterocycles. The zero-order chi connectivity index (χ0) is 15.6. The van der Waals surface area contributed by atoms with Crippen molar-refractivity contribution >= 4 is 11.6 Å². The van der Waals surface area contributed by atoms with Crippen LogP contribution in [0.5, 0.6) is 0 Å². The lowest BCUT2D eigenvalue weighted by atomic mass is 10.1. The molecule has 3 nitrogen and oxygen atoms in total. The van der Waals surface area contributed by atoms with E-state index >= 15 is 0 Å². The molecule has 0 fully saturated rings. The minimum atomic E-state index is -0.980. The molecule has 0 bridgehead atoms. The summed E-state index contributed by atoms with van der Waals surface area (Å²) < 4.78 is 39.3. The second-order valence-corrected chi connectivity index (χ2v) is 4.65. The van der Waals surface area contributed by atoms with E-state index in [0.717, 1.165) is 18.2 Å². The lowest BCUT2D eigenvalue weighted by Gasteiger charge is -2.17. The van der Waals surface area contributed by atoms with Crippen molar-refractivity contribution in [2.45, 2.75) is 6.54 Å². The molecule has 6 heteroatoms. The van der Waals surface area contributed by atoms with Gasteiger partial charge in [-0.05, 0) is 35.9 Å². The maximum atomic E-state index is 13.3. The van der Waals surface area contributed by atoms with Gasteiger partial charge in [-0.1, -0.05) is 6.07 Å². The van der Waals surface area contributed by atoms with Gasteiger partial charge in [-0.15, -0.1) is 0 Å². The fourth-order valence-electron chi connectivity index (χ4n) is 1.86. The standard InChI is InChI=1S/C15H13F3N2O/c1-20(8-9-2-4-11(16)12(17)6-9)15(21)10-3-5-14(19)13(18)7-10/h2-7H,8,19H2,1H3. The molecule has 0 aromatic heterocycles. The Morgan fingerprint density at radius 3 is 2.38 bits per heavy atom. The van der Waals surface area contributed by atoms with E-state index in [0.29, 0.717) is 5.56 Å². The first-order valence-electron chi connectivity index (χ1n) is 6.13. The van der Waals surface area contributed by atoms with Crippen molar-refractivity contribution in [3.63, 3.8) is 0 Å². The highest BCUT2D eigenvalue weighted by Gasteiger charge is 2.14.